The smallest absolute Gasteiger partial charge is 0.157 e. The summed E-state index contributed by atoms with van der Waals surface area (Å²) in [7, 11) is -3.13. The summed E-state index contributed by atoms with van der Waals surface area (Å²) < 4.78 is 24.5. The van der Waals surface area contributed by atoms with E-state index in [9.17, 15) is 8.42 Å². The van der Waals surface area contributed by atoms with Gasteiger partial charge >= 0.3 is 0 Å². The molecule has 0 spiro atoms. The lowest BCUT2D eigenvalue weighted by molar-refractivity contribution is 0.543. The molecule has 0 radical (unpaired) electrons. The summed E-state index contributed by atoms with van der Waals surface area (Å²) in [5.41, 5.74) is 5.45. The molecule has 0 saturated heterocycles. The number of nitrogens with two attached hydrogens (primary N) is 1. The fourth-order valence-corrected chi connectivity index (χ4v) is 2.17. The molecule has 1 rings (SSSR count). The van der Waals surface area contributed by atoms with E-state index in [0.29, 0.717) is 12.4 Å². The second-order valence-electron chi connectivity index (χ2n) is 4.53. The van der Waals surface area contributed by atoms with Crippen molar-refractivity contribution in [2.24, 2.45) is 5.73 Å². The van der Waals surface area contributed by atoms with Gasteiger partial charge in [0.05, 0.1) is 23.6 Å². The highest BCUT2D eigenvalue weighted by Gasteiger charge is 2.28. The van der Waals surface area contributed by atoms with Crippen molar-refractivity contribution >= 4 is 9.84 Å². The molecule has 0 bridgehead atoms. The third-order valence-corrected chi connectivity index (χ3v) is 4.97. The minimum absolute atomic E-state index is 0.0485. The predicted molar refractivity (Wildman–Crippen MR) is 61.5 cm³/mol. The van der Waals surface area contributed by atoms with Crippen LogP contribution < -0.4 is 5.73 Å². The lowest BCUT2D eigenvalue weighted by Gasteiger charge is -2.19. The Morgan fingerprint density at radius 2 is 2.06 bits per heavy atom. The second-order valence-corrected chi connectivity index (χ2v) is 7.40. The Kier molecular flexibility index (Phi) is 3.69. The molecule has 2 N–H and O–H groups in total. The normalized spacial score (nSPS) is 13.0. The van der Waals surface area contributed by atoms with E-state index in [0.717, 1.165) is 0 Å². The van der Waals surface area contributed by atoms with Crippen LogP contribution in [0.15, 0.2) is 6.33 Å². The van der Waals surface area contributed by atoms with Gasteiger partial charge in [0, 0.05) is 0 Å². The molecule has 1 aromatic rings. The van der Waals surface area contributed by atoms with Crippen LogP contribution in [-0.4, -0.2) is 33.7 Å². The largest absolute Gasteiger partial charge is 0.324 e. The summed E-state index contributed by atoms with van der Waals surface area (Å²) in [5.74, 6) is 0.649. The van der Waals surface area contributed by atoms with Crippen LogP contribution in [0.1, 0.15) is 26.6 Å². The van der Waals surface area contributed by atoms with Crippen molar-refractivity contribution < 1.29 is 8.42 Å². The summed E-state index contributed by atoms with van der Waals surface area (Å²) in [6.07, 6.45) is 1.38. The van der Waals surface area contributed by atoms with E-state index in [1.54, 1.807) is 20.8 Å². The molecule has 0 unspecified atom stereocenters. The Hall–Kier alpha value is -0.950. The van der Waals surface area contributed by atoms with Gasteiger partial charge in [0.25, 0.3) is 0 Å². The molecular formula is C9H18N4O2S. The molecule has 0 atom stereocenters. The number of sulfone groups is 1. The second kappa shape index (κ2) is 4.50. The highest BCUT2D eigenvalue weighted by molar-refractivity contribution is 7.92. The lowest BCUT2D eigenvalue weighted by Crippen LogP contribution is -2.32. The van der Waals surface area contributed by atoms with Crippen molar-refractivity contribution in [3.8, 4) is 0 Å². The van der Waals surface area contributed by atoms with Gasteiger partial charge in [-0.1, -0.05) is 0 Å². The molecule has 0 amide bonds. The summed E-state index contributed by atoms with van der Waals surface area (Å²) in [6.45, 7) is 5.62. The maximum atomic E-state index is 11.9. The van der Waals surface area contributed by atoms with Gasteiger partial charge in [-0.3, -0.25) is 0 Å². The minimum atomic E-state index is -3.13. The van der Waals surface area contributed by atoms with E-state index in [1.165, 1.54) is 11.0 Å². The summed E-state index contributed by atoms with van der Waals surface area (Å²) >= 11 is 0. The van der Waals surface area contributed by atoms with Crippen molar-refractivity contribution in [2.45, 2.75) is 38.6 Å². The topological polar surface area (TPSA) is 90.9 Å². The summed E-state index contributed by atoms with van der Waals surface area (Å²) in [6, 6.07) is 0. The molecule has 0 fully saturated rings. The summed E-state index contributed by atoms with van der Waals surface area (Å²) in [4.78, 5) is 3.93. The molecule has 16 heavy (non-hydrogen) atoms. The van der Waals surface area contributed by atoms with Crippen molar-refractivity contribution in [1.29, 1.82) is 0 Å². The molecule has 6 nitrogen and oxygen atoms in total. The number of aromatic nitrogens is 3. The van der Waals surface area contributed by atoms with Crippen LogP contribution in [-0.2, 0) is 22.9 Å². The van der Waals surface area contributed by atoms with Crippen LogP contribution in [0.5, 0.6) is 0 Å². The fourth-order valence-electron chi connectivity index (χ4n) is 1.15. The number of rotatable bonds is 4. The van der Waals surface area contributed by atoms with Crippen LogP contribution in [0.2, 0.25) is 0 Å². The molecule has 0 aliphatic heterocycles. The first-order chi connectivity index (χ1) is 7.28. The third kappa shape index (κ3) is 2.79. The number of hydrogen-bond donors (Lipinski definition) is 1. The van der Waals surface area contributed by atoms with E-state index in [1.807, 2.05) is 0 Å². The zero-order chi connectivity index (χ0) is 12.4. The average Bonchev–Trinajstić information content (AvgIpc) is 2.60. The molecule has 92 valence electrons. The molecule has 7 heteroatoms. The first-order valence-electron chi connectivity index (χ1n) is 5.07. The molecule has 0 saturated carbocycles. The predicted octanol–water partition coefficient (Wildman–Crippen LogP) is -0.0499. The number of hydrogen-bond acceptors (Lipinski definition) is 5. The Bertz CT molecular complexity index is 444. The molecule has 1 aromatic heterocycles. The Morgan fingerprint density at radius 3 is 2.56 bits per heavy atom. The molecule has 0 aliphatic rings. The Labute approximate surface area is 95.8 Å². The monoisotopic (exact) mass is 246 g/mol. The Morgan fingerprint density at radius 1 is 1.44 bits per heavy atom. The van der Waals surface area contributed by atoms with Gasteiger partial charge in [-0.2, -0.15) is 5.10 Å². The third-order valence-electron chi connectivity index (χ3n) is 2.38. The standard InChI is InChI=1S/C9H18N4O2S/c1-9(2,3)16(14,15)5-4-13-8(6-10)11-7-12-13/h7H,4-6,10H2,1-3H3. The van der Waals surface area contributed by atoms with Crippen molar-refractivity contribution in [1.82, 2.24) is 14.8 Å². The highest BCUT2D eigenvalue weighted by Crippen LogP contribution is 2.16. The van der Waals surface area contributed by atoms with Gasteiger partial charge in [-0.25, -0.2) is 18.1 Å². The SMILES string of the molecule is CC(C)(C)S(=O)(=O)CCn1ncnc1CN. The van der Waals surface area contributed by atoms with Crippen LogP contribution in [0.25, 0.3) is 0 Å². The maximum absolute atomic E-state index is 11.9. The zero-order valence-corrected chi connectivity index (χ0v) is 10.7. The lowest BCUT2D eigenvalue weighted by atomic mass is 10.3. The molecule has 0 aromatic carbocycles. The highest BCUT2D eigenvalue weighted by atomic mass is 32.2. The van der Waals surface area contributed by atoms with Crippen molar-refractivity contribution in [3.63, 3.8) is 0 Å². The van der Waals surface area contributed by atoms with Gasteiger partial charge in [-0.15, -0.1) is 0 Å². The van der Waals surface area contributed by atoms with Gasteiger partial charge in [0.1, 0.15) is 12.2 Å². The van der Waals surface area contributed by atoms with Gasteiger partial charge in [0.2, 0.25) is 0 Å². The van der Waals surface area contributed by atoms with Crippen LogP contribution in [0, 0.1) is 0 Å². The van der Waals surface area contributed by atoms with E-state index in [-0.39, 0.29) is 12.3 Å². The van der Waals surface area contributed by atoms with Crippen LogP contribution in [0.3, 0.4) is 0 Å². The first-order valence-corrected chi connectivity index (χ1v) is 6.72. The van der Waals surface area contributed by atoms with E-state index >= 15 is 0 Å². The fraction of sp³-hybridized carbons (Fsp3) is 0.778. The Balaban J connectivity index is 2.73. The first kappa shape index (κ1) is 13.1. The number of aryl methyl sites for hydroxylation is 1. The van der Waals surface area contributed by atoms with Crippen LogP contribution >= 0.6 is 0 Å². The van der Waals surface area contributed by atoms with Crippen LogP contribution in [0.4, 0.5) is 0 Å². The van der Waals surface area contributed by atoms with Crippen molar-refractivity contribution in [3.05, 3.63) is 12.2 Å². The van der Waals surface area contributed by atoms with Gasteiger partial charge in [-0.05, 0) is 20.8 Å². The molecule has 1 heterocycles. The molecular weight excluding hydrogens is 228 g/mol. The zero-order valence-electron chi connectivity index (χ0n) is 9.84. The van der Waals surface area contributed by atoms with E-state index < -0.39 is 14.6 Å². The quantitative estimate of drug-likeness (QED) is 0.804. The number of nitrogens with zero attached hydrogens (tertiary/aromatic N) is 3. The minimum Gasteiger partial charge on any atom is -0.324 e. The van der Waals surface area contributed by atoms with Gasteiger partial charge < -0.3 is 5.73 Å². The van der Waals surface area contributed by atoms with E-state index in [2.05, 4.69) is 10.1 Å². The molecule has 0 aliphatic carbocycles. The van der Waals surface area contributed by atoms with E-state index in [4.69, 9.17) is 5.73 Å². The summed E-state index contributed by atoms with van der Waals surface area (Å²) in [5, 5.41) is 3.93. The maximum Gasteiger partial charge on any atom is 0.157 e. The van der Waals surface area contributed by atoms with Crippen molar-refractivity contribution in [2.75, 3.05) is 5.75 Å². The average molecular weight is 246 g/mol. The van der Waals surface area contributed by atoms with Gasteiger partial charge in [0.15, 0.2) is 9.84 Å².